The number of nitrogens with zero attached hydrogens (tertiary/aromatic N) is 1. The third kappa shape index (κ3) is 4.69. The summed E-state index contributed by atoms with van der Waals surface area (Å²) in [5.74, 6) is 2.64. The zero-order valence-corrected chi connectivity index (χ0v) is 13.6. The van der Waals surface area contributed by atoms with Crippen LogP contribution in [0.3, 0.4) is 0 Å². The van der Waals surface area contributed by atoms with E-state index in [0.29, 0.717) is 0 Å². The maximum atomic E-state index is 5.37. The molecule has 0 amide bonds. The van der Waals surface area contributed by atoms with E-state index in [1.165, 1.54) is 42.6 Å². The SMILES string of the molecule is C#Cc1ccc(CNCc2ccc(CN3CCCC3)cc2)cc1. The first-order valence-corrected chi connectivity index (χ1v) is 8.40. The zero-order valence-electron chi connectivity index (χ0n) is 13.6. The molecule has 118 valence electrons. The van der Waals surface area contributed by atoms with Gasteiger partial charge in [-0.1, -0.05) is 42.3 Å². The van der Waals surface area contributed by atoms with Crippen LogP contribution in [0.25, 0.3) is 0 Å². The van der Waals surface area contributed by atoms with Gasteiger partial charge in [0.05, 0.1) is 0 Å². The summed E-state index contributed by atoms with van der Waals surface area (Å²) < 4.78 is 0. The van der Waals surface area contributed by atoms with Gasteiger partial charge in [0.2, 0.25) is 0 Å². The van der Waals surface area contributed by atoms with Gasteiger partial charge < -0.3 is 5.32 Å². The highest BCUT2D eigenvalue weighted by Crippen LogP contribution is 2.13. The van der Waals surface area contributed by atoms with Gasteiger partial charge in [0.15, 0.2) is 0 Å². The molecule has 0 aromatic heterocycles. The fourth-order valence-electron chi connectivity index (χ4n) is 3.03. The normalized spacial score (nSPS) is 14.7. The van der Waals surface area contributed by atoms with Crippen molar-refractivity contribution >= 4 is 0 Å². The minimum absolute atomic E-state index is 0.861. The van der Waals surface area contributed by atoms with E-state index in [2.05, 4.69) is 52.5 Å². The van der Waals surface area contributed by atoms with Gasteiger partial charge in [-0.25, -0.2) is 0 Å². The third-order valence-electron chi connectivity index (χ3n) is 4.41. The van der Waals surface area contributed by atoms with Crippen LogP contribution in [0.1, 0.15) is 35.1 Å². The van der Waals surface area contributed by atoms with Crippen LogP contribution >= 0.6 is 0 Å². The average molecular weight is 304 g/mol. The molecule has 2 heteroatoms. The molecule has 1 aliphatic heterocycles. The molecule has 1 aliphatic rings. The van der Waals surface area contributed by atoms with Crippen molar-refractivity contribution in [2.75, 3.05) is 13.1 Å². The smallest absolute Gasteiger partial charge is 0.0242 e. The predicted molar refractivity (Wildman–Crippen MR) is 95.9 cm³/mol. The first kappa shape index (κ1) is 15.8. The molecule has 1 N–H and O–H groups in total. The van der Waals surface area contributed by atoms with E-state index in [4.69, 9.17) is 6.42 Å². The Morgan fingerprint density at radius 2 is 1.35 bits per heavy atom. The van der Waals surface area contributed by atoms with Gasteiger partial charge in [0, 0.05) is 25.2 Å². The number of nitrogens with one attached hydrogen (secondary N) is 1. The summed E-state index contributed by atoms with van der Waals surface area (Å²) in [5, 5.41) is 3.49. The van der Waals surface area contributed by atoms with Gasteiger partial charge in [-0.3, -0.25) is 4.90 Å². The molecule has 0 aliphatic carbocycles. The van der Waals surface area contributed by atoms with E-state index in [-0.39, 0.29) is 0 Å². The molecule has 2 nitrogen and oxygen atoms in total. The second kappa shape index (κ2) is 7.97. The first-order chi connectivity index (χ1) is 11.3. The van der Waals surface area contributed by atoms with E-state index in [1.807, 2.05) is 12.1 Å². The first-order valence-electron chi connectivity index (χ1n) is 8.40. The topological polar surface area (TPSA) is 15.3 Å². The Bertz CT molecular complexity index is 644. The molecule has 0 unspecified atom stereocenters. The van der Waals surface area contributed by atoms with Crippen LogP contribution in [-0.2, 0) is 19.6 Å². The lowest BCUT2D eigenvalue weighted by Crippen LogP contribution is -2.18. The van der Waals surface area contributed by atoms with Crippen LogP contribution in [0, 0.1) is 12.3 Å². The van der Waals surface area contributed by atoms with Crippen LogP contribution in [0.4, 0.5) is 0 Å². The monoisotopic (exact) mass is 304 g/mol. The fourth-order valence-corrected chi connectivity index (χ4v) is 3.03. The largest absolute Gasteiger partial charge is 0.309 e. The van der Waals surface area contributed by atoms with Crippen molar-refractivity contribution in [1.82, 2.24) is 10.2 Å². The molecule has 0 spiro atoms. The molecule has 0 atom stereocenters. The summed E-state index contributed by atoms with van der Waals surface area (Å²) in [5.41, 5.74) is 4.94. The maximum Gasteiger partial charge on any atom is 0.0242 e. The molecule has 3 rings (SSSR count). The summed E-state index contributed by atoms with van der Waals surface area (Å²) in [4.78, 5) is 2.53. The van der Waals surface area contributed by atoms with Crippen molar-refractivity contribution in [2.24, 2.45) is 0 Å². The minimum Gasteiger partial charge on any atom is -0.309 e. The zero-order chi connectivity index (χ0) is 15.9. The number of likely N-dealkylation sites (tertiary alicyclic amines) is 1. The molecular weight excluding hydrogens is 280 g/mol. The Balaban J connectivity index is 1.45. The molecular formula is C21H24N2. The molecule has 23 heavy (non-hydrogen) atoms. The molecule has 2 aromatic carbocycles. The molecule has 2 aromatic rings. The lowest BCUT2D eigenvalue weighted by molar-refractivity contribution is 0.331. The number of benzene rings is 2. The summed E-state index contributed by atoms with van der Waals surface area (Å²) in [6.07, 6.45) is 8.07. The van der Waals surface area contributed by atoms with Gasteiger partial charge in [-0.2, -0.15) is 0 Å². The van der Waals surface area contributed by atoms with Crippen molar-refractivity contribution in [2.45, 2.75) is 32.5 Å². The van der Waals surface area contributed by atoms with Gasteiger partial charge in [0.1, 0.15) is 0 Å². The second-order valence-electron chi connectivity index (χ2n) is 6.24. The number of rotatable bonds is 6. The Morgan fingerprint density at radius 3 is 1.91 bits per heavy atom. The summed E-state index contributed by atoms with van der Waals surface area (Å²) in [6.45, 7) is 5.35. The quantitative estimate of drug-likeness (QED) is 0.821. The van der Waals surface area contributed by atoms with Crippen LogP contribution < -0.4 is 5.32 Å². The lowest BCUT2D eigenvalue weighted by Gasteiger charge is -2.14. The van der Waals surface area contributed by atoms with Crippen LogP contribution in [-0.4, -0.2) is 18.0 Å². The Kier molecular flexibility index (Phi) is 5.47. The van der Waals surface area contributed by atoms with Crippen LogP contribution in [0.15, 0.2) is 48.5 Å². The molecule has 1 heterocycles. The minimum atomic E-state index is 0.861. The molecule has 0 bridgehead atoms. The van der Waals surface area contributed by atoms with Crippen molar-refractivity contribution in [3.63, 3.8) is 0 Å². The predicted octanol–water partition coefficient (Wildman–Crippen LogP) is 3.55. The third-order valence-corrected chi connectivity index (χ3v) is 4.41. The highest BCUT2D eigenvalue weighted by Gasteiger charge is 2.11. The second-order valence-corrected chi connectivity index (χ2v) is 6.24. The van der Waals surface area contributed by atoms with Gasteiger partial charge in [0.25, 0.3) is 0 Å². The van der Waals surface area contributed by atoms with Gasteiger partial charge in [-0.05, 0) is 54.8 Å². The summed E-state index contributed by atoms with van der Waals surface area (Å²) in [6, 6.07) is 17.1. The fraction of sp³-hybridized carbons (Fsp3) is 0.333. The average Bonchev–Trinajstić information content (AvgIpc) is 3.10. The van der Waals surface area contributed by atoms with Gasteiger partial charge >= 0.3 is 0 Å². The summed E-state index contributed by atoms with van der Waals surface area (Å²) in [7, 11) is 0. The van der Waals surface area contributed by atoms with Crippen molar-refractivity contribution in [1.29, 1.82) is 0 Å². The van der Waals surface area contributed by atoms with Crippen molar-refractivity contribution < 1.29 is 0 Å². The van der Waals surface area contributed by atoms with Gasteiger partial charge in [-0.15, -0.1) is 6.42 Å². The highest BCUT2D eigenvalue weighted by molar-refractivity contribution is 5.34. The van der Waals surface area contributed by atoms with E-state index in [9.17, 15) is 0 Å². The number of hydrogen-bond acceptors (Lipinski definition) is 2. The lowest BCUT2D eigenvalue weighted by atomic mass is 10.1. The van der Waals surface area contributed by atoms with E-state index in [1.54, 1.807) is 0 Å². The summed E-state index contributed by atoms with van der Waals surface area (Å²) >= 11 is 0. The maximum absolute atomic E-state index is 5.37. The van der Waals surface area contributed by atoms with Crippen LogP contribution in [0.5, 0.6) is 0 Å². The number of terminal acetylenes is 1. The van der Waals surface area contributed by atoms with Crippen LogP contribution in [0.2, 0.25) is 0 Å². The molecule has 0 saturated carbocycles. The Labute approximate surface area is 139 Å². The molecule has 1 fully saturated rings. The Hall–Kier alpha value is -2.08. The highest BCUT2D eigenvalue weighted by atomic mass is 15.1. The van der Waals surface area contributed by atoms with E-state index >= 15 is 0 Å². The van der Waals surface area contributed by atoms with E-state index < -0.39 is 0 Å². The standard InChI is InChI=1S/C21H24N2/c1-2-18-5-7-19(8-6-18)15-22-16-20-9-11-21(12-10-20)17-23-13-3-4-14-23/h1,5-12,22H,3-4,13-17H2. The van der Waals surface area contributed by atoms with E-state index in [0.717, 1.165) is 25.2 Å². The molecule has 1 saturated heterocycles. The number of hydrogen-bond donors (Lipinski definition) is 1. The molecule has 0 radical (unpaired) electrons. The Morgan fingerprint density at radius 1 is 0.826 bits per heavy atom. The van der Waals surface area contributed by atoms with Crippen molar-refractivity contribution in [3.05, 3.63) is 70.8 Å². The van der Waals surface area contributed by atoms with Crippen molar-refractivity contribution in [3.8, 4) is 12.3 Å².